The molecular weight excluding hydrogens is 232 g/mol. The Kier molecular flexibility index (Phi) is 6.08. The number of nitrogens with two attached hydrogens (primary N) is 1. The Bertz CT molecular complexity index is 368. The molecule has 1 rings (SSSR count). The van der Waals surface area contributed by atoms with Gasteiger partial charge in [0, 0.05) is 5.69 Å². The van der Waals surface area contributed by atoms with Crippen molar-refractivity contribution in [3.8, 4) is 0 Å². The standard InChI is InChI=1S/C13H20N2OS/c1-10(7-14)8-17-9-13(16)15-12-6-4-3-5-11(12)2/h3-6,10H,7-9,14H2,1-2H3,(H,15,16). The van der Waals surface area contributed by atoms with Gasteiger partial charge in [-0.05, 0) is 36.8 Å². The minimum absolute atomic E-state index is 0.0496. The van der Waals surface area contributed by atoms with E-state index in [0.29, 0.717) is 18.2 Å². The largest absolute Gasteiger partial charge is 0.330 e. The summed E-state index contributed by atoms with van der Waals surface area (Å²) in [5, 5.41) is 2.91. The molecule has 17 heavy (non-hydrogen) atoms. The Morgan fingerprint density at radius 3 is 2.82 bits per heavy atom. The van der Waals surface area contributed by atoms with E-state index in [1.165, 1.54) is 0 Å². The molecule has 4 heteroatoms. The first-order valence-corrected chi connectivity index (χ1v) is 6.92. The third kappa shape index (κ3) is 5.24. The van der Waals surface area contributed by atoms with Crippen molar-refractivity contribution in [3.05, 3.63) is 29.8 Å². The highest BCUT2D eigenvalue weighted by Crippen LogP contribution is 2.14. The molecule has 1 amide bonds. The van der Waals surface area contributed by atoms with Crippen LogP contribution >= 0.6 is 11.8 Å². The molecule has 3 N–H and O–H groups in total. The zero-order valence-corrected chi connectivity index (χ0v) is 11.2. The number of hydrogen-bond acceptors (Lipinski definition) is 3. The molecular formula is C13H20N2OS. The highest BCUT2D eigenvalue weighted by atomic mass is 32.2. The summed E-state index contributed by atoms with van der Waals surface area (Å²) in [5.74, 6) is 1.93. The third-order valence-corrected chi connectivity index (χ3v) is 3.73. The van der Waals surface area contributed by atoms with Gasteiger partial charge in [-0.15, -0.1) is 0 Å². The quantitative estimate of drug-likeness (QED) is 0.816. The summed E-state index contributed by atoms with van der Waals surface area (Å²) in [7, 11) is 0. The second-order valence-corrected chi connectivity index (χ2v) is 5.25. The van der Waals surface area contributed by atoms with Crippen LogP contribution in [0.25, 0.3) is 0 Å². The number of nitrogens with one attached hydrogen (secondary N) is 1. The number of hydrogen-bond donors (Lipinski definition) is 2. The summed E-state index contributed by atoms with van der Waals surface area (Å²) in [6.07, 6.45) is 0. The van der Waals surface area contributed by atoms with E-state index in [0.717, 1.165) is 17.0 Å². The normalized spacial score (nSPS) is 12.2. The monoisotopic (exact) mass is 252 g/mol. The van der Waals surface area contributed by atoms with Crippen LogP contribution in [0, 0.1) is 12.8 Å². The van der Waals surface area contributed by atoms with Crippen LogP contribution in [0.5, 0.6) is 0 Å². The molecule has 1 aromatic rings. The molecule has 0 aliphatic carbocycles. The van der Waals surface area contributed by atoms with Crippen LogP contribution in [0.1, 0.15) is 12.5 Å². The molecule has 0 aliphatic rings. The number of amides is 1. The van der Waals surface area contributed by atoms with Crippen LogP contribution in [0.4, 0.5) is 5.69 Å². The van der Waals surface area contributed by atoms with Gasteiger partial charge in [-0.1, -0.05) is 25.1 Å². The van der Waals surface area contributed by atoms with Gasteiger partial charge in [-0.25, -0.2) is 0 Å². The number of carbonyl (C=O) groups excluding carboxylic acids is 1. The molecule has 0 saturated carbocycles. The van der Waals surface area contributed by atoms with Crippen LogP contribution in [0.3, 0.4) is 0 Å². The number of carbonyl (C=O) groups is 1. The fourth-order valence-corrected chi connectivity index (χ4v) is 2.23. The molecule has 0 heterocycles. The molecule has 0 spiro atoms. The predicted octanol–water partition coefficient (Wildman–Crippen LogP) is 2.26. The van der Waals surface area contributed by atoms with Crippen LogP contribution in [-0.2, 0) is 4.79 Å². The van der Waals surface area contributed by atoms with Crippen molar-refractivity contribution in [1.29, 1.82) is 0 Å². The van der Waals surface area contributed by atoms with Crippen molar-refractivity contribution in [1.82, 2.24) is 0 Å². The lowest BCUT2D eigenvalue weighted by molar-refractivity contribution is -0.113. The fraction of sp³-hybridized carbons (Fsp3) is 0.462. The molecule has 0 radical (unpaired) electrons. The first-order chi connectivity index (χ1) is 8.13. The number of thioether (sulfide) groups is 1. The molecule has 94 valence electrons. The summed E-state index contributed by atoms with van der Waals surface area (Å²) in [6.45, 7) is 4.75. The fourth-order valence-electron chi connectivity index (χ4n) is 1.32. The van der Waals surface area contributed by atoms with E-state index in [4.69, 9.17) is 5.73 Å². The van der Waals surface area contributed by atoms with Crippen molar-refractivity contribution in [2.75, 3.05) is 23.4 Å². The number of rotatable bonds is 6. The maximum atomic E-state index is 11.7. The molecule has 0 fully saturated rings. The first kappa shape index (κ1) is 14.1. The Labute approximate surface area is 107 Å². The van der Waals surface area contributed by atoms with E-state index in [-0.39, 0.29) is 5.91 Å². The van der Waals surface area contributed by atoms with Crippen LogP contribution in [0.2, 0.25) is 0 Å². The van der Waals surface area contributed by atoms with E-state index >= 15 is 0 Å². The Morgan fingerprint density at radius 1 is 1.47 bits per heavy atom. The summed E-state index contributed by atoms with van der Waals surface area (Å²) in [6, 6.07) is 7.79. The molecule has 0 saturated heterocycles. The van der Waals surface area contributed by atoms with E-state index in [2.05, 4.69) is 12.2 Å². The predicted molar refractivity (Wildman–Crippen MR) is 75.4 cm³/mol. The number of aryl methyl sites for hydroxylation is 1. The number of benzene rings is 1. The van der Waals surface area contributed by atoms with Crippen molar-refractivity contribution >= 4 is 23.4 Å². The second kappa shape index (κ2) is 7.35. The van der Waals surface area contributed by atoms with Crippen molar-refractivity contribution in [3.63, 3.8) is 0 Å². The topological polar surface area (TPSA) is 55.1 Å². The first-order valence-electron chi connectivity index (χ1n) is 5.76. The Balaban J connectivity index is 2.33. The minimum atomic E-state index is 0.0496. The van der Waals surface area contributed by atoms with Crippen molar-refractivity contribution in [2.24, 2.45) is 11.7 Å². The van der Waals surface area contributed by atoms with E-state index in [9.17, 15) is 4.79 Å². The van der Waals surface area contributed by atoms with E-state index in [1.807, 2.05) is 31.2 Å². The average molecular weight is 252 g/mol. The Morgan fingerprint density at radius 2 is 2.18 bits per heavy atom. The SMILES string of the molecule is Cc1ccccc1NC(=O)CSCC(C)CN. The maximum absolute atomic E-state index is 11.7. The van der Waals surface area contributed by atoms with Gasteiger partial charge < -0.3 is 11.1 Å². The van der Waals surface area contributed by atoms with Crippen molar-refractivity contribution < 1.29 is 4.79 Å². The molecule has 3 nitrogen and oxygen atoms in total. The summed E-state index contributed by atoms with van der Waals surface area (Å²) in [4.78, 5) is 11.7. The zero-order chi connectivity index (χ0) is 12.7. The smallest absolute Gasteiger partial charge is 0.234 e. The number of anilines is 1. The van der Waals surface area contributed by atoms with E-state index in [1.54, 1.807) is 11.8 Å². The van der Waals surface area contributed by atoms with Gasteiger partial charge in [0.25, 0.3) is 0 Å². The third-order valence-electron chi connectivity index (χ3n) is 2.46. The maximum Gasteiger partial charge on any atom is 0.234 e. The Hall–Kier alpha value is -1.000. The minimum Gasteiger partial charge on any atom is -0.330 e. The van der Waals surface area contributed by atoms with Gasteiger partial charge in [0.05, 0.1) is 5.75 Å². The molecule has 1 unspecified atom stereocenters. The van der Waals surface area contributed by atoms with Gasteiger partial charge in [0.1, 0.15) is 0 Å². The van der Waals surface area contributed by atoms with Gasteiger partial charge in [0.2, 0.25) is 5.91 Å². The molecule has 0 aromatic heterocycles. The lowest BCUT2D eigenvalue weighted by Gasteiger charge is -2.09. The van der Waals surface area contributed by atoms with Crippen molar-refractivity contribution in [2.45, 2.75) is 13.8 Å². The molecule has 1 atom stereocenters. The van der Waals surface area contributed by atoms with E-state index < -0.39 is 0 Å². The van der Waals surface area contributed by atoms with Crippen LogP contribution in [-0.4, -0.2) is 24.0 Å². The van der Waals surface area contributed by atoms with Gasteiger partial charge >= 0.3 is 0 Å². The van der Waals surface area contributed by atoms with Gasteiger partial charge in [-0.3, -0.25) is 4.79 Å². The van der Waals surface area contributed by atoms with Crippen LogP contribution < -0.4 is 11.1 Å². The summed E-state index contributed by atoms with van der Waals surface area (Å²) >= 11 is 1.63. The number of para-hydroxylation sites is 1. The van der Waals surface area contributed by atoms with Gasteiger partial charge in [-0.2, -0.15) is 11.8 Å². The highest BCUT2D eigenvalue weighted by molar-refractivity contribution is 7.99. The van der Waals surface area contributed by atoms with Crippen LogP contribution in [0.15, 0.2) is 24.3 Å². The molecule has 1 aromatic carbocycles. The molecule has 0 aliphatic heterocycles. The summed E-state index contributed by atoms with van der Waals surface area (Å²) < 4.78 is 0. The van der Waals surface area contributed by atoms with Gasteiger partial charge in [0.15, 0.2) is 0 Å². The average Bonchev–Trinajstić information content (AvgIpc) is 2.32. The summed E-state index contributed by atoms with van der Waals surface area (Å²) in [5.41, 5.74) is 7.50. The lowest BCUT2D eigenvalue weighted by Crippen LogP contribution is -2.17. The zero-order valence-electron chi connectivity index (χ0n) is 10.4. The second-order valence-electron chi connectivity index (χ2n) is 4.22. The molecule has 0 bridgehead atoms. The highest BCUT2D eigenvalue weighted by Gasteiger charge is 2.05. The lowest BCUT2D eigenvalue weighted by atomic mass is 10.2.